The Labute approximate surface area is 187 Å². The van der Waals surface area contributed by atoms with Gasteiger partial charge in [-0.05, 0) is 55.4 Å². The SMILES string of the molecule is C/C(Nc1ccc(CN(C)Cc2ccccc2)cc1)=C1/C(=O)Nc2ccc(C(=O)O)cc21. The van der Waals surface area contributed by atoms with Crippen LogP contribution in [-0.2, 0) is 17.9 Å². The number of carboxylic acids is 1. The Morgan fingerprint density at radius 3 is 2.28 bits per heavy atom. The van der Waals surface area contributed by atoms with Crippen LogP contribution in [0.3, 0.4) is 0 Å². The summed E-state index contributed by atoms with van der Waals surface area (Å²) in [7, 11) is 2.09. The summed E-state index contributed by atoms with van der Waals surface area (Å²) in [6.07, 6.45) is 0. The van der Waals surface area contributed by atoms with Gasteiger partial charge in [0.25, 0.3) is 5.91 Å². The number of benzene rings is 3. The van der Waals surface area contributed by atoms with Gasteiger partial charge in [0.15, 0.2) is 0 Å². The van der Waals surface area contributed by atoms with Crippen molar-refractivity contribution in [2.45, 2.75) is 20.0 Å². The van der Waals surface area contributed by atoms with Crippen molar-refractivity contribution in [1.29, 1.82) is 0 Å². The molecule has 0 fully saturated rings. The van der Waals surface area contributed by atoms with Crippen LogP contribution in [0.4, 0.5) is 11.4 Å². The lowest BCUT2D eigenvalue weighted by Crippen LogP contribution is -2.17. The van der Waals surface area contributed by atoms with Crippen LogP contribution < -0.4 is 10.6 Å². The number of amides is 1. The number of carbonyl (C=O) groups excluding carboxylic acids is 1. The number of nitrogens with zero attached hydrogens (tertiary/aromatic N) is 1. The summed E-state index contributed by atoms with van der Waals surface area (Å²) in [5, 5.41) is 15.4. The van der Waals surface area contributed by atoms with Crippen molar-refractivity contribution in [2.24, 2.45) is 0 Å². The van der Waals surface area contributed by atoms with Crippen LogP contribution in [0.15, 0.2) is 78.5 Å². The van der Waals surface area contributed by atoms with E-state index in [9.17, 15) is 14.7 Å². The van der Waals surface area contributed by atoms with Crippen LogP contribution in [0.2, 0.25) is 0 Å². The third-order valence-corrected chi connectivity index (χ3v) is 5.42. The average molecular weight is 428 g/mol. The van der Waals surface area contributed by atoms with Crippen LogP contribution in [0.1, 0.15) is 34.0 Å². The van der Waals surface area contributed by atoms with E-state index in [2.05, 4.69) is 46.8 Å². The average Bonchev–Trinajstić information content (AvgIpc) is 3.10. The Morgan fingerprint density at radius 1 is 0.969 bits per heavy atom. The van der Waals surface area contributed by atoms with Crippen molar-refractivity contribution < 1.29 is 14.7 Å². The summed E-state index contributed by atoms with van der Waals surface area (Å²) in [4.78, 5) is 26.1. The molecule has 0 aromatic heterocycles. The number of aromatic carboxylic acids is 1. The standard InChI is InChI=1S/C26H25N3O3/c1-17(24-22-14-20(26(31)32)10-13-23(22)28-25(24)30)27-21-11-8-19(9-12-21)16-29(2)15-18-6-4-3-5-7-18/h3-14,27H,15-16H2,1-2H3,(H,28,30)(H,31,32)/b24-17-. The molecular weight excluding hydrogens is 402 g/mol. The smallest absolute Gasteiger partial charge is 0.335 e. The molecule has 162 valence electrons. The highest BCUT2D eigenvalue weighted by Gasteiger charge is 2.27. The first-order valence-electron chi connectivity index (χ1n) is 10.4. The number of fused-ring (bicyclic) bond motifs is 1. The van der Waals surface area contributed by atoms with Crippen LogP contribution in [0.5, 0.6) is 0 Å². The Kier molecular flexibility index (Phi) is 6.05. The predicted octanol–water partition coefficient (Wildman–Crippen LogP) is 4.81. The van der Waals surface area contributed by atoms with Crippen molar-refractivity contribution in [2.75, 3.05) is 17.7 Å². The fraction of sp³-hybridized carbons (Fsp3) is 0.154. The Bertz CT molecular complexity index is 1180. The number of hydrogen-bond acceptors (Lipinski definition) is 4. The molecule has 0 saturated heterocycles. The van der Waals surface area contributed by atoms with E-state index in [0.717, 1.165) is 18.8 Å². The molecule has 3 aromatic rings. The maximum Gasteiger partial charge on any atom is 0.335 e. The summed E-state index contributed by atoms with van der Waals surface area (Å²) < 4.78 is 0. The third-order valence-electron chi connectivity index (χ3n) is 5.42. The number of hydrogen-bond donors (Lipinski definition) is 3. The minimum absolute atomic E-state index is 0.148. The van der Waals surface area contributed by atoms with E-state index < -0.39 is 5.97 Å². The second kappa shape index (κ2) is 9.08. The van der Waals surface area contributed by atoms with Crippen LogP contribution in [0, 0.1) is 0 Å². The first kappa shape index (κ1) is 21.3. The van der Waals surface area contributed by atoms with Gasteiger partial charge in [0.2, 0.25) is 0 Å². The molecule has 3 N–H and O–H groups in total. The summed E-state index contributed by atoms with van der Waals surface area (Å²) >= 11 is 0. The summed E-state index contributed by atoms with van der Waals surface area (Å²) in [6.45, 7) is 3.51. The first-order valence-corrected chi connectivity index (χ1v) is 10.4. The predicted molar refractivity (Wildman–Crippen MR) is 126 cm³/mol. The molecule has 0 aliphatic carbocycles. The molecule has 0 atom stereocenters. The molecule has 32 heavy (non-hydrogen) atoms. The molecule has 0 bridgehead atoms. The van der Waals surface area contributed by atoms with E-state index in [4.69, 9.17) is 0 Å². The van der Waals surface area contributed by atoms with Crippen molar-refractivity contribution in [1.82, 2.24) is 4.90 Å². The number of rotatable bonds is 7. The van der Waals surface area contributed by atoms with Gasteiger partial charge in [-0.15, -0.1) is 0 Å². The molecule has 1 aliphatic heterocycles. The van der Waals surface area contributed by atoms with Crippen molar-refractivity contribution in [3.8, 4) is 0 Å². The number of anilines is 2. The first-order chi connectivity index (χ1) is 15.4. The second-order valence-electron chi connectivity index (χ2n) is 8.00. The Hall–Kier alpha value is -3.90. The van der Waals surface area contributed by atoms with Crippen molar-refractivity contribution in [3.05, 3.63) is 101 Å². The minimum atomic E-state index is -1.02. The van der Waals surface area contributed by atoms with Crippen molar-refractivity contribution >= 4 is 28.8 Å². The molecule has 1 heterocycles. The van der Waals surface area contributed by atoms with Gasteiger partial charge in [-0.25, -0.2) is 4.79 Å². The van der Waals surface area contributed by atoms with Crippen molar-refractivity contribution in [3.63, 3.8) is 0 Å². The van der Waals surface area contributed by atoms with Crippen LogP contribution in [0.25, 0.3) is 5.57 Å². The maximum atomic E-state index is 12.5. The minimum Gasteiger partial charge on any atom is -0.478 e. The Morgan fingerprint density at radius 2 is 1.62 bits per heavy atom. The Balaban J connectivity index is 1.47. The molecule has 1 amide bonds. The van der Waals surface area contributed by atoms with Gasteiger partial charge in [-0.3, -0.25) is 9.69 Å². The lowest BCUT2D eigenvalue weighted by Gasteiger charge is -2.17. The highest BCUT2D eigenvalue weighted by molar-refractivity contribution is 6.32. The normalized spacial score (nSPS) is 14.2. The zero-order chi connectivity index (χ0) is 22.7. The van der Waals surface area contributed by atoms with Gasteiger partial charge < -0.3 is 15.7 Å². The monoisotopic (exact) mass is 427 g/mol. The zero-order valence-corrected chi connectivity index (χ0v) is 18.1. The van der Waals surface area contributed by atoms with Gasteiger partial charge in [-0.1, -0.05) is 42.5 Å². The number of carboxylic acid groups (broad SMARTS) is 1. The fourth-order valence-corrected chi connectivity index (χ4v) is 3.91. The maximum absolute atomic E-state index is 12.5. The molecule has 0 radical (unpaired) electrons. The molecule has 6 nitrogen and oxygen atoms in total. The van der Waals surface area contributed by atoms with E-state index in [1.54, 1.807) is 6.07 Å². The topological polar surface area (TPSA) is 81.7 Å². The quantitative estimate of drug-likeness (QED) is 0.472. The highest BCUT2D eigenvalue weighted by atomic mass is 16.4. The lowest BCUT2D eigenvalue weighted by molar-refractivity contribution is -0.110. The molecule has 4 rings (SSSR count). The van der Waals surface area contributed by atoms with Gasteiger partial charge >= 0.3 is 5.97 Å². The highest BCUT2D eigenvalue weighted by Crippen LogP contribution is 2.34. The molecular formula is C26H25N3O3. The third kappa shape index (κ3) is 4.71. The summed E-state index contributed by atoms with van der Waals surface area (Å²) in [5.41, 5.74) is 5.81. The largest absolute Gasteiger partial charge is 0.478 e. The second-order valence-corrected chi connectivity index (χ2v) is 8.00. The van der Waals surface area contributed by atoms with E-state index in [0.29, 0.717) is 22.5 Å². The number of allylic oxidation sites excluding steroid dienone is 1. The van der Waals surface area contributed by atoms with Gasteiger partial charge in [-0.2, -0.15) is 0 Å². The van der Waals surface area contributed by atoms with E-state index in [1.165, 1.54) is 23.3 Å². The zero-order valence-electron chi connectivity index (χ0n) is 18.1. The summed E-state index contributed by atoms with van der Waals surface area (Å²) in [6, 6.07) is 23.1. The van der Waals surface area contributed by atoms with Gasteiger partial charge in [0.1, 0.15) is 0 Å². The molecule has 6 heteroatoms. The van der Waals surface area contributed by atoms with Gasteiger partial charge in [0, 0.05) is 35.7 Å². The molecule has 0 saturated carbocycles. The summed E-state index contributed by atoms with van der Waals surface area (Å²) in [5.74, 6) is -1.27. The molecule has 3 aromatic carbocycles. The lowest BCUT2D eigenvalue weighted by atomic mass is 10.0. The fourth-order valence-electron chi connectivity index (χ4n) is 3.91. The van der Waals surface area contributed by atoms with Crippen LogP contribution >= 0.6 is 0 Å². The van der Waals surface area contributed by atoms with Crippen LogP contribution in [-0.4, -0.2) is 28.9 Å². The number of carbonyl (C=O) groups is 2. The molecule has 1 aliphatic rings. The van der Waals surface area contributed by atoms with E-state index in [-0.39, 0.29) is 11.5 Å². The van der Waals surface area contributed by atoms with E-state index in [1.807, 2.05) is 37.3 Å². The van der Waals surface area contributed by atoms with E-state index >= 15 is 0 Å². The number of nitrogens with one attached hydrogen (secondary N) is 2. The molecule has 0 unspecified atom stereocenters. The van der Waals surface area contributed by atoms with Gasteiger partial charge in [0.05, 0.1) is 11.1 Å². The molecule has 0 spiro atoms.